The minimum atomic E-state index is -0.499. The highest BCUT2D eigenvalue weighted by Crippen LogP contribution is 2.30. The smallest absolute Gasteiger partial charge is 0.255 e. The Morgan fingerprint density at radius 2 is 2.00 bits per heavy atom. The van der Waals surface area contributed by atoms with Crippen LogP contribution in [-0.2, 0) is 13.5 Å². The van der Waals surface area contributed by atoms with Gasteiger partial charge in [-0.3, -0.25) is 9.48 Å². The fourth-order valence-electron chi connectivity index (χ4n) is 3.13. The summed E-state index contributed by atoms with van der Waals surface area (Å²) < 4.78 is 16.0. The molecule has 0 atom stereocenters. The van der Waals surface area contributed by atoms with E-state index in [2.05, 4.69) is 20.7 Å². The number of anilines is 4. The number of nitrogens with one attached hydrogen (secondary N) is 2. The van der Waals surface area contributed by atoms with Crippen LogP contribution in [0.15, 0.2) is 42.9 Å². The van der Waals surface area contributed by atoms with Crippen molar-refractivity contribution in [3.63, 3.8) is 0 Å². The number of likely N-dealkylation sites (N-methyl/N-ethyl adjacent to an activating group) is 1. The highest BCUT2D eigenvalue weighted by molar-refractivity contribution is 6.02. The molecule has 0 spiro atoms. The predicted octanol–water partition coefficient (Wildman–Crippen LogP) is 3.07. The van der Waals surface area contributed by atoms with Crippen molar-refractivity contribution in [2.45, 2.75) is 6.42 Å². The number of hydrogen-bond donors (Lipinski definition) is 2. The summed E-state index contributed by atoms with van der Waals surface area (Å²) in [5.41, 5.74) is 3.12. The molecule has 0 bridgehead atoms. The fourth-order valence-corrected chi connectivity index (χ4v) is 3.13. The molecule has 3 aromatic rings. The lowest BCUT2D eigenvalue weighted by atomic mass is 9.97. The molecule has 3 heterocycles. The molecule has 0 saturated heterocycles. The van der Waals surface area contributed by atoms with Crippen LogP contribution >= 0.6 is 0 Å². The van der Waals surface area contributed by atoms with Gasteiger partial charge in [-0.2, -0.15) is 5.10 Å². The third kappa shape index (κ3) is 3.33. The van der Waals surface area contributed by atoms with Gasteiger partial charge in [0.05, 0.1) is 35.0 Å². The zero-order valence-corrected chi connectivity index (χ0v) is 15.0. The summed E-state index contributed by atoms with van der Waals surface area (Å²) in [5, 5.41) is 10.2. The van der Waals surface area contributed by atoms with Gasteiger partial charge in [-0.15, -0.1) is 0 Å². The molecule has 1 amide bonds. The van der Waals surface area contributed by atoms with Gasteiger partial charge in [0.25, 0.3) is 5.91 Å². The average molecular weight is 366 g/mol. The van der Waals surface area contributed by atoms with Crippen molar-refractivity contribution in [3.05, 3.63) is 59.8 Å². The van der Waals surface area contributed by atoms with Crippen LogP contribution in [0.1, 0.15) is 15.9 Å². The highest BCUT2D eigenvalue weighted by atomic mass is 19.1. The molecule has 27 heavy (non-hydrogen) atoms. The topological polar surface area (TPSA) is 75.1 Å². The van der Waals surface area contributed by atoms with Crippen LogP contribution in [0.3, 0.4) is 0 Å². The van der Waals surface area contributed by atoms with E-state index in [0.717, 1.165) is 23.9 Å². The predicted molar refractivity (Wildman–Crippen MR) is 101 cm³/mol. The van der Waals surface area contributed by atoms with E-state index in [-0.39, 0.29) is 11.6 Å². The molecule has 1 aromatic carbocycles. The lowest BCUT2D eigenvalue weighted by Crippen LogP contribution is -2.34. The molecule has 0 radical (unpaired) electrons. The van der Waals surface area contributed by atoms with E-state index in [1.165, 1.54) is 0 Å². The molecule has 7 nitrogen and oxygen atoms in total. The summed E-state index contributed by atoms with van der Waals surface area (Å²) in [6.45, 7) is 0.679. The maximum Gasteiger partial charge on any atom is 0.255 e. The number of benzene rings is 1. The minimum Gasteiger partial charge on any atom is -0.352 e. The highest BCUT2D eigenvalue weighted by Gasteiger charge is 2.24. The SMILES string of the molecule is CN1CCc2cccc(Nc3cc(Nc4cnn(C)c4)ncc3F)c2C1=O. The van der Waals surface area contributed by atoms with Crippen molar-refractivity contribution in [1.29, 1.82) is 0 Å². The number of rotatable bonds is 4. The molecule has 0 fully saturated rings. The van der Waals surface area contributed by atoms with E-state index in [1.807, 2.05) is 19.2 Å². The summed E-state index contributed by atoms with van der Waals surface area (Å²) >= 11 is 0. The summed E-state index contributed by atoms with van der Waals surface area (Å²) in [6, 6.07) is 7.15. The molecular formula is C19H19FN6O. The molecule has 2 N–H and O–H groups in total. The number of carbonyl (C=O) groups is 1. The van der Waals surface area contributed by atoms with Crippen LogP contribution < -0.4 is 10.6 Å². The third-order valence-corrected chi connectivity index (χ3v) is 4.53. The number of nitrogens with zero attached hydrogens (tertiary/aromatic N) is 4. The Kier molecular flexibility index (Phi) is 4.23. The van der Waals surface area contributed by atoms with E-state index in [4.69, 9.17) is 0 Å². The van der Waals surface area contributed by atoms with Gasteiger partial charge in [0.2, 0.25) is 0 Å². The van der Waals surface area contributed by atoms with Crippen LogP contribution in [0.2, 0.25) is 0 Å². The van der Waals surface area contributed by atoms with Crippen LogP contribution in [0.4, 0.5) is 27.3 Å². The van der Waals surface area contributed by atoms with Crippen molar-refractivity contribution in [2.24, 2.45) is 7.05 Å². The minimum absolute atomic E-state index is 0.0671. The van der Waals surface area contributed by atoms with Gasteiger partial charge < -0.3 is 15.5 Å². The Balaban J connectivity index is 1.65. The van der Waals surface area contributed by atoms with Gasteiger partial charge in [-0.1, -0.05) is 12.1 Å². The molecule has 0 aliphatic carbocycles. The molecule has 2 aromatic heterocycles. The van der Waals surface area contributed by atoms with Crippen LogP contribution in [-0.4, -0.2) is 39.2 Å². The zero-order chi connectivity index (χ0) is 19.0. The normalized spacial score (nSPS) is 13.4. The van der Waals surface area contributed by atoms with Crippen molar-refractivity contribution in [1.82, 2.24) is 19.7 Å². The first-order chi connectivity index (χ1) is 13.0. The standard InChI is InChI=1S/C19H19FN6O/c1-25-7-6-12-4-3-5-15(18(12)19(25)27)24-16-8-17(21-10-14(16)20)23-13-9-22-26(2)11-13/h3-5,8-11H,6-7H2,1-2H3,(H2,21,23,24). The molecule has 4 rings (SSSR count). The Morgan fingerprint density at radius 3 is 2.78 bits per heavy atom. The average Bonchev–Trinajstić information content (AvgIpc) is 3.06. The van der Waals surface area contributed by atoms with Crippen molar-refractivity contribution in [3.8, 4) is 0 Å². The number of hydrogen-bond acceptors (Lipinski definition) is 5. The van der Waals surface area contributed by atoms with Crippen molar-refractivity contribution in [2.75, 3.05) is 24.2 Å². The number of halogens is 1. The number of fused-ring (bicyclic) bond motifs is 1. The largest absolute Gasteiger partial charge is 0.352 e. The molecule has 1 aliphatic rings. The zero-order valence-electron chi connectivity index (χ0n) is 15.0. The second kappa shape index (κ2) is 6.71. The summed E-state index contributed by atoms with van der Waals surface area (Å²) in [4.78, 5) is 18.3. The van der Waals surface area contributed by atoms with E-state index in [9.17, 15) is 9.18 Å². The second-order valence-electron chi connectivity index (χ2n) is 6.52. The first kappa shape index (κ1) is 17.0. The monoisotopic (exact) mass is 366 g/mol. The summed E-state index contributed by atoms with van der Waals surface area (Å²) in [6.07, 6.45) is 5.37. The number of amides is 1. The third-order valence-electron chi connectivity index (χ3n) is 4.53. The van der Waals surface area contributed by atoms with Gasteiger partial charge in [0.15, 0.2) is 5.82 Å². The maximum atomic E-state index is 14.3. The quantitative estimate of drug-likeness (QED) is 0.742. The van der Waals surface area contributed by atoms with Crippen LogP contribution in [0.5, 0.6) is 0 Å². The lowest BCUT2D eigenvalue weighted by molar-refractivity contribution is 0.0782. The maximum absolute atomic E-state index is 14.3. The fraction of sp³-hybridized carbons (Fsp3) is 0.211. The molecular weight excluding hydrogens is 347 g/mol. The van der Waals surface area contributed by atoms with Crippen LogP contribution in [0.25, 0.3) is 0 Å². The summed E-state index contributed by atoms with van der Waals surface area (Å²) in [7, 11) is 3.58. The lowest BCUT2D eigenvalue weighted by Gasteiger charge is -2.27. The number of aryl methyl sites for hydroxylation is 1. The van der Waals surface area contributed by atoms with E-state index < -0.39 is 5.82 Å². The van der Waals surface area contributed by atoms with Gasteiger partial charge in [-0.05, 0) is 18.1 Å². The van der Waals surface area contributed by atoms with E-state index in [0.29, 0.717) is 23.6 Å². The molecule has 8 heteroatoms. The van der Waals surface area contributed by atoms with Gasteiger partial charge in [0, 0.05) is 32.9 Å². The van der Waals surface area contributed by atoms with Gasteiger partial charge in [0.1, 0.15) is 5.82 Å². The van der Waals surface area contributed by atoms with Gasteiger partial charge in [-0.25, -0.2) is 9.37 Å². The molecule has 138 valence electrons. The number of carbonyl (C=O) groups excluding carboxylic acids is 1. The molecule has 1 aliphatic heterocycles. The van der Waals surface area contributed by atoms with E-state index in [1.54, 1.807) is 41.2 Å². The number of aromatic nitrogens is 3. The Labute approximate surface area is 155 Å². The number of pyridine rings is 1. The second-order valence-corrected chi connectivity index (χ2v) is 6.52. The first-order valence-corrected chi connectivity index (χ1v) is 8.57. The Morgan fingerprint density at radius 1 is 1.15 bits per heavy atom. The van der Waals surface area contributed by atoms with Crippen molar-refractivity contribution >= 4 is 28.8 Å². The summed E-state index contributed by atoms with van der Waals surface area (Å²) in [5.74, 6) is -0.0939. The van der Waals surface area contributed by atoms with Gasteiger partial charge >= 0.3 is 0 Å². The van der Waals surface area contributed by atoms with E-state index >= 15 is 0 Å². The Bertz CT molecular complexity index is 1020. The molecule has 0 saturated carbocycles. The van der Waals surface area contributed by atoms with Crippen LogP contribution in [0, 0.1) is 5.82 Å². The first-order valence-electron chi connectivity index (χ1n) is 8.57. The molecule has 0 unspecified atom stereocenters. The Hall–Kier alpha value is -3.42. The van der Waals surface area contributed by atoms with Crippen molar-refractivity contribution < 1.29 is 9.18 Å².